The van der Waals surface area contributed by atoms with Crippen molar-refractivity contribution >= 4 is 35.2 Å². The fourth-order valence-electron chi connectivity index (χ4n) is 4.59. The van der Waals surface area contributed by atoms with Crippen molar-refractivity contribution in [1.82, 2.24) is 19.7 Å². The van der Waals surface area contributed by atoms with Crippen LogP contribution >= 0.6 is 11.8 Å². The molecule has 2 amide bonds. The topological polar surface area (TPSA) is 111 Å². The van der Waals surface area contributed by atoms with Crippen LogP contribution in [0.1, 0.15) is 52.6 Å². The van der Waals surface area contributed by atoms with E-state index in [1.54, 1.807) is 21.3 Å². The van der Waals surface area contributed by atoms with E-state index in [1.807, 2.05) is 76.2 Å². The van der Waals surface area contributed by atoms with Gasteiger partial charge in [-0.05, 0) is 63.9 Å². The maximum Gasteiger partial charge on any atom is 0.260 e. The molecule has 0 radical (unpaired) electrons. The van der Waals surface area contributed by atoms with Gasteiger partial charge in [-0.15, -0.1) is 5.10 Å². The van der Waals surface area contributed by atoms with Gasteiger partial charge in [-0.3, -0.25) is 9.59 Å². The first-order valence-electron chi connectivity index (χ1n) is 14.0. The number of likely N-dealkylation sites (N-methyl/N-ethyl adjacent to an activating group) is 1. The summed E-state index contributed by atoms with van der Waals surface area (Å²) in [5, 5.41) is 11.7. The first-order chi connectivity index (χ1) is 19.9. The molecule has 11 heteroatoms. The number of para-hydroxylation sites is 2. The number of benzene rings is 2. The van der Waals surface area contributed by atoms with Crippen LogP contribution in [0, 0.1) is 0 Å². The number of carbonyl (C=O) groups excluding carboxylic acids is 2. The van der Waals surface area contributed by atoms with Gasteiger partial charge in [0.2, 0.25) is 11.1 Å². The van der Waals surface area contributed by atoms with Crippen LogP contribution in [0.5, 0.6) is 11.5 Å². The third-order valence-corrected chi connectivity index (χ3v) is 7.67. The number of hydrogen-bond acceptors (Lipinski definition) is 8. The summed E-state index contributed by atoms with van der Waals surface area (Å²) in [5.74, 6) is 2.29. The second-order valence-electron chi connectivity index (χ2n) is 9.38. The molecule has 0 aliphatic carbocycles. The average molecular weight is 579 g/mol. The Morgan fingerprint density at radius 2 is 1.78 bits per heavy atom. The highest BCUT2D eigenvalue weighted by Crippen LogP contribution is 2.38. The fraction of sp³-hybridized carbons (Fsp3) is 0.400. The minimum atomic E-state index is -0.541. The number of aromatic nitrogens is 3. The number of carbonyl (C=O) groups is 2. The van der Waals surface area contributed by atoms with Crippen LogP contribution in [-0.4, -0.2) is 63.5 Å². The van der Waals surface area contributed by atoms with Crippen LogP contribution in [0.25, 0.3) is 0 Å². The summed E-state index contributed by atoms with van der Waals surface area (Å²) in [6.07, 6.45) is 0.994. The van der Waals surface area contributed by atoms with Gasteiger partial charge in [0.1, 0.15) is 17.5 Å². The Labute approximate surface area is 245 Å². The minimum Gasteiger partial charge on any atom is -0.492 e. The molecule has 0 fully saturated rings. The second kappa shape index (κ2) is 14.1. The van der Waals surface area contributed by atoms with Gasteiger partial charge in [0.15, 0.2) is 6.61 Å². The first kappa shape index (κ1) is 30.0. The van der Waals surface area contributed by atoms with Crippen LogP contribution in [0.2, 0.25) is 0 Å². The molecule has 0 saturated heterocycles. The Hall–Kier alpha value is -3.99. The van der Waals surface area contributed by atoms with Crippen molar-refractivity contribution in [2.75, 3.05) is 42.7 Å². The maximum atomic E-state index is 13.9. The molecule has 1 aromatic heterocycles. The van der Waals surface area contributed by atoms with Crippen molar-refractivity contribution < 1.29 is 19.1 Å². The van der Waals surface area contributed by atoms with Crippen LogP contribution in [0.4, 0.5) is 11.6 Å². The molecule has 10 nitrogen and oxygen atoms in total. The standard InChI is InChI=1S/C30H38N6O4S/c1-6-18-41-30-33-29-31-20(5)26(28(38)32-23-12-10-11-13-24(23)39-9-4)27(36(29)34-30)21-14-16-22(17-15-21)40-19-25(37)35(7-2)8-3/h10-17,27H,6-9,18-19H2,1-5H3,(H,32,38)(H,31,33,34). The first-order valence-corrected chi connectivity index (χ1v) is 15.0. The van der Waals surface area contributed by atoms with Gasteiger partial charge in [0.05, 0.1) is 17.9 Å². The number of nitrogens with zero attached hydrogens (tertiary/aromatic N) is 4. The molecule has 1 aliphatic rings. The number of thioether (sulfide) groups is 1. The van der Waals surface area contributed by atoms with Crippen molar-refractivity contribution in [2.45, 2.75) is 52.2 Å². The van der Waals surface area contributed by atoms with E-state index in [0.717, 1.165) is 17.7 Å². The molecule has 0 bridgehead atoms. The lowest BCUT2D eigenvalue weighted by atomic mass is 9.95. The van der Waals surface area contributed by atoms with E-state index in [-0.39, 0.29) is 18.4 Å². The van der Waals surface area contributed by atoms with Crippen molar-refractivity contribution in [1.29, 1.82) is 0 Å². The Bertz CT molecular complexity index is 1380. The van der Waals surface area contributed by atoms with Gasteiger partial charge in [-0.25, -0.2) is 4.68 Å². The molecule has 41 heavy (non-hydrogen) atoms. The zero-order valence-corrected chi connectivity index (χ0v) is 25.1. The lowest BCUT2D eigenvalue weighted by molar-refractivity contribution is -0.133. The van der Waals surface area contributed by atoms with Crippen molar-refractivity contribution in [3.8, 4) is 11.5 Å². The molecular weight excluding hydrogens is 540 g/mol. The number of fused-ring (bicyclic) bond motifs is 1. The summed E-state index contributed by atoms with van der Waals surface area (Å²) in [7, 11) is 0. The van der Waals surface area contributed by atoms with E-state index in [0.29, 0.717) is 59.3 Å². The highest BCUT2D eigenvalue weighted by molar-refractivity contribution is 7.99. The number of ether oxygens (including phenoxy) is 2. The molecule has 1 aliphatic heterocycles. The predicted octanol–water partition coefficient (Wildman–Crippen LogP) is 5.35. The van der Waals surface area contributed by atoms with E-state index in [2.05, 4.69) is 22.5 Å². The quantitative estimate of drug-likeness (QED) is 0.261. The largest absolute Gasteiger partial charge is 0.492 e. The summed E-state index contributed by atoms with van der Waals surface area (Å²) >= 11 is 1.58. The summed E-state index contributed by atoms with van der Waals surface area (Å²) in [6.45, 7) is 11.5. The number of anilines is 2. The number of nitrogens with one attached hydrogen (secondary N) is 2. The molecule has 4 rings (SSSR count). The maximum absolute atomic E-state index is 13.9. The number of rotatable bonds is 13. The van der Waals surface area contributed by atoms with E-state index in [9.17, 15) is 9.59 Å². The third-order valence-electron chi connectivity index (χ3n) is 6.62. The van der Waals surface area contributed by atoms with E-state index in [4.69, 9.17) is 14.6 Å². The summed E-state index contributed by atoms with van der Waals surface area (Å²) < 4.78 is 13.3. The van der Waals surface area contributed by atoms with Crippen molar-refractivity contribution in [2.24, 2.45) is 0 Å². The van der Waals surface area contributed by atoms with Crippen LogP contribution in [0.3, 0.4) is 0 Å². The molecule has 0 saturated carbocycles. The van der Waals surface area contributed by atoms with E-state index >= 15 is 0 Å². The SMILES string of the molecule is CCCSc1nc2n(n1)C(c1ccc(OCC(=O)N(CC)CC)cc1)C(C(=O)Nc1ccccc1OCC)=C(C)N2. The fourth-order valence-corrected chi connectivity index (χ4v) is 5.27. The average Bonchev–Trinajstić information content (AvgIpc) is 3.38. The minimum absolute atomic E-state index is 0.0362. The monoisotopic (exact) mass is 578 g/mol. The number of hydrogen-bond donors (Lipinski definition) is 2. The van der Waals surface area contributed by atoms with Crippen molar-refractivity contribution in [3.05, 3.63) is 65.4 Å². The van der Waals surface area contributed by atoms with Crippen LogP contribution in [-0.2, 0) is 9.59 Å². The van der Waals surface area contributed by atoms with Gasteiger partial charge in [0, 0.05) is 24.5 Å². The second-order valence-corrected chi connectivity index (χ2v) is 10.4. The molecular formula is C30H38N6O4S. The van der Waals surface area contributed by atoms with Crippen molar-refractivity contribution in [3.63, 3.8) is 0 Å². The highest BCUT2D eigenvalue weighted by atomic mass is 32.2. The van der Waals surface area contributed by atoms with Crippen LogP contribution in [0.15, 0.2) is 65.0 Å². The molecule has 218 valence electrons. The Kier molecular flexibility index (Phi) is 10.3. The Morgan fingerprint density at radius 1 is 1.05 bits per heavy atom. The van der Waals surface area contributed by atoms with Gasteiger partial charge in [-0.2, -0.15) is 4.98 Å². The van der Waals surface area contributed by atoms with Gasteiger partial charge in [0.25, 0.3) is 11.8 Å². The van der Waals surface area contributed by atoms with E-state index in [1.165, 1.54) is 0 Å². The molecule has 0 spiro atoms. The molecule has 2 heterocycles. The molecule has 2 aromatic carbocycles. The number of amides is 2. The molecule has 1 atom stereocenters. The summed E-state index contributed by atoms with van der Waals surface area (Å²) in [6, 6.07) is 14.2. The molecule has 3 aromatic rings. The summed E-state index contributed by atoms with van der Waals surface area (Å²) in [5.41, 5.74) is 2.60. The van der Waals surface area contributed by atoms with Gasteiger partial charge >= 0.3 is 0 Å². The smallest absolute Gasteiger partial charge is 0.260 e. The Balaban J connectivity index is 1.65. The van der Waals surface area contributed by atoms with Gasteiger partial charge < -0.3 is 25.0 Å². The predicted molar refractivity (Wildman–Crippen MR) is 162 cm³/mol. The van der Waals surface area contributed by atoms with Gasteiger partial charge in [-0.1, -0.05) is 43.0 Å². The number of allylic oxidation sites excluding steroid dienone is 1. The summed E-state index contributed by atoms with van der Waals surface area (Å²) in [4.78, 5) is 32.7. The van der Waals surface area contributed by atoms with E-state index < -0.39 is 6.04 Å². The lowest BCUT2D eigenvalue weighted by Gasteiger charge is -2.29. The normalized spacial score (nSPS) is 14.2. The zero-order valence-electron chi connectivity index (χ0n) is 24.3. The highest BCUT2D eigenvalue weighted by Gasteiger charge is 2.34. The third kappa shape index (κ3) is 7.02. The van der Waals surface area contributed by atoms with Crippen LogP contribution < -0.4 is 20.1 Å². The molecule has 1 unspecified atom stereocenters. The lowest BCUT2D eigenvalue weighted by Crippen LogP contribution is -2.34. The molecule has 2 N–H and O–H groups in total. The zero-order chi connectivity index (χ0) is 29.4. The Morgan fingerprint density at radius 3 is 2.46 bits per heavy atom.